The van der Waals surface area contributed by atoms with Gasteiger partial charge in [0, 0.05) is 16.1 Å². The molecule has 0 radical (unpaired) electrons. The van der Waals surface area contributed by atoms with E-state index in [0.29, 0.717) is 19.0 Å². The molecule has 0 spiro atoms. The fraction of sp³-hybridized carbons (Fsp3) is 0.130. The van der Waals surface area contributed by atoms with Gasteiger partial charge in [-0.3, -0.25) is 4.79 Å². The molecular formula is C23H19N3O3S. The third-order valence-electron chi connectivity index (χ3n) is 4.72. The topological polar surface area (TPSA) is 76.2 Å². The van der Waals surface area contributed by atoms with Crippen molar-refractivity contribution in [2.45, 2.75) is 4.90 Å². The van der Waals surface area contributed by atoms with Crippen molar-refractivity contribution < 1.29 is 14.3 Å². The lowest BCUT2D eigenvalue weighted by Crippen LogP contribution is -2.15. The molecular weight excluding hydrogens is 398 g/mol. The lowest BCUT2D eigenvalue weighted by atomic mass is 10.2. The van der Waals surface area contributed by atoms with Gasteiger partial charge in [-0.05, 0) is 54.6 Å². The number of carbonyl (C=O) groups excluding carboxylic acids is 1. The highest BCUT2D eigenvalue weighted by Crippen LogP contribution is 2.34. The maximum atomic E-state index is 12.3. The van der Waals surface area contributed by atoms with E-state index in [0.717, 1.165) is 44.5 Å². The van der Waals surface area contributed by atoms with E-state index in [9.17, 15) is 4.79 Å². The van der Waals surface area contributed by atoms with Gasteiger partial charge >= 0.3 is 0 Å². The van der Waals surface area contributed by atoms with Crippen LogP contribution < -0.4 is 14.8 Å². The minimum Gasteiger partial charge on any atom is -0.486 e. The number of nitrogens with zero attached hydrogens (tertiary/aromatic N) is 1. The van der Waals surface area contributed by atoms with Crippen molar-refractivity contribution in [3.8, 4) is 22.9 Å². The van der Waals surface area contributed by atoms with Gasteiger partial charge in [-0.25, -0.2) is 4.98 Å². The highest BCUT2D eigenvalue weighted by Gasteiger charge is 2.13. The summed E-state index contributed by atoms with van der Waals surface area (Å²) in [4.78, 5) is 21.2. The van der Waals surface area contributed by atoms with E-state index < -0.39 is 0 Å². The molecule has 0 aliphatic carbocycles. The zero-order valence-corrected chi connectivity index (χ0v) is 16.9. The molecule has 0 bridgehead atoms. The summed E-state index contributed by atoms with van der Waals surface area (Å²) in [5, 5.41) is 2.93. The first-order chi connectivity index (χ1) is 14.7. The van der Waals surface area contributed by atoms with Crippen LogP contribution in [0.4, 0.5) is 5.69 Å². The Bertz CT molecular complexity index is 1170. The molecule has 2 N–H and O–H groups in total. The summed E-state index contributed by atoms with van der Waals surface area (Å²) in [5.41, 5.74) is 3.65. The first-order valence-corrected chi connectivity index (χ1v) is 10.6. The third-order valence-corrected chi connectivity index (χ3v) is 5.71. The van der Waals surface area contributed by atoms with E-state index in [4.69, 9.17) is 9.47 Å². The highest BCUT2D eigenvalue weighted by atomic mass is 32.2. The number of rotatable bonds is 5. The maximum absolute atomic E-state index is 12.3. The maximum Gasteiger partial charge on any atom is 0.234 e. The number of ether oxygens (including phenoxy) is 2. The van der Waals surface area contributed by atoms with E-state index in [1.165, 1.54) is 11.8 Å². The fourth-order valence-electron chi connectivity index (χ4n) is 3.26. The lowest BCUT2D eigenvalue weighted by Gasteiger charge is -2.18. The molecule has 1 amide bonds. The van der Waals surface area contributed by atoms with Crippen molar-refractivity contribution in [3.63, 3.8) is 0 Å². The third kappa shape index (κ3) is 3.97. The zero-order chi connectivity index (χ0) is 20.3. The minimum atomic E-state index is -0.0635. The average Bonchev–Trinajstić information content (AvgIpc) is 3.22. The van der Waals surface area contributed by atoms with Gasteiger partial charge < -0.3 is 19.8 Å². The van der Waals surface area contributed by atoms with Gasteiger partial charge in [0.1, 0.15) is 19.0 Å². The molecule has 0 unspecified atom stereocenters. The molecule has 150 valence electrons. The van der Waals surface area contributed by atoms with Gasteiger partial charge in [0.15, 0.2) is 11.5 Å². The van der Waals surface area contributed by atoms with E-state index in [1.54, 1.807) is 0 Å². The van der Waals surface area contributed by atoms with Crippen LogP contribution in [0.5, 0.6) is 11.5 Å². The number of hydrogen-bond acceptors (Lipinski definition) is 5. The SMILES string of the molecule is O=C(CSc1ccc2c(c1)OCCO2)Nc1ccc(-c2nc3ccccc3[nH]2)cc1. The van der Waals surface area contributed by atoms with Crippen LogP contribution >= 0.6 is 11.8 Å². The van der Waals surface area contributed by atoms with E-state index in [2.05, 4.69) is 15.3 Å². The molecule has 7 heteroatoms. The Morgan fingerprint density at radius 3 is 2.63 bits per heavy atom. The number of para-hydroxylation sites is 2. The van der Waals surface area contributed by atoms with E-state index >= 15 is 0 Å². The van der Waals surface area contributed by atoms with Crippen LogP contribution in [0.15, 0.2) is 71.6 Å². The first-order valence-electron chi connectivity index (χ1n) is 9.62. The molecule has 30 heavy (non-hydrogen) atoms. The molecule has 1 aliphatic rings. The largest absolute Gasteiger partial charge is 0.486 e. The van der Waals surface area contributed by atoms with Crippen molar-refractivity contribution in [1.82, 2.24) is 9.97 Å². The summed E-state index contributed by atoms with van der Waals surface area (Å²) < 4.78 is 11.1. The summed E-state index contributed by atoms with van der Waals surface area (Å²) in [7, 11) is 0. The number of benzene rings is 3. The molecule has 5 rings (SSSR count). The summed E-state index contributed by atoms with van der Waals surface area (Å²) in [6.07, 6.45) is 0. The monoisotopic (exact) mass is 417 g/mol. The number of imidazole rings is 1. The second-order valence-electron chi connectivity index (χ2n) is 6.82. The summed E-state index contributed by atoms with van der Waals surface area (Å²) in [5.74, 6) is 2.53. The van der Waals surface area contributed by atoms with Crippen LogP contribution in [0.3, 0.4) is 0 Å². The number of nitrogens with one attached hydrogen (secondary N) is 2. The second-order valence-corrected chi connectivity index (χ2v) is 7.87. The fourth-order valence-corrected chi connectivity index (χ4v) is 3.98. The lowest BCUT2D eigenvalue weighted by molar-refractivity contribution is -0.113. The zero-order valence-electron chi connectivity index (χ0n) is 16.1. The standard InChI is InChI=1S/C23H19N3O3S/c27-22(14-30-17-9-10-20-21(13-17)29-12-11-28-20)24-16-7-5-15(6-8-16)23-25-18-3-1-2-4-19(18)26-23/h1-10,13H,11-12,14H2,(H,24,27)(H,25,26). The molecule has 4 aromatic rings. The second kappa shape index (κ2) is 8.12. The molecule has 0 saturated heterocycles. The number of thioether (sulfide) groups is 1. The van der Waals surface area contributed by atoms with Crippen LogP contribution in [0.25, 0.3) is 22.4 Å². The molecule has 3 aromatic carbocycles. The Hall–Kier alpha value is -3.45. The average molecular weight is 417 g/mol. The number of hydrogen-bond donors (Lipinski definition) is 2. The molecule has 6 nitrogen and oxygen atoms in total. The summed E-state index contributed by atoms with van der Waals surface area (Å²) >= 11 is 1.46. The smallest absolute Gasteiger partial charge is 0.234 e. The minimum absolute atomic E-state index is 0.0635. The van der Waals surface area contributed by atoms with E-state index in [-0.39, 0.29) is 5.91 Å². The molecule has 0 fully saturated rings. The number of fused-ring (bicyclic) bond motifs is 2. The van der Waals surface area contributed by atoms with Gasteiger partial charge in [-0.2, -0.15) is 0 Å². The van der Waals surface area contributed by atoms with Crippen LogP contribution in [-0.2, 0) is 4.79 Å². The van der Waals surface area contributed by atoms with Gasteiger partial charge in [-0.1, -0.05) is 12.1 Å². The van der Waals surface area contributed by atoms with Crippen molar-refractivity contribution in [3.05, 3.63) is 66.7 Å². The molecule has 1 aromatic heterocycles. The predicted molar refractivity (Wildman–Crippen MR) is 118 cm³/mol. The van der Waals surface area contributed by atoms with Crippen LogP contribution in [0.2, 0.25) is 0 Å². The molecule has 0 atom stereocenters. The van der Waals surface area contributed by atoms with Crippen molar-refractivity contribution in [1.29, 1.82) is 0 Å². The Balaban J connectivity index is 1.20. The van der Waals surface area contributed by atoms with Crippen LogP contribution in [-0.4, -0.2) is 34.8 Å². The molecule has 1 aliphatic heterocycles. The highest BCUT2D eigenvalue weighted by molar-refractivity contribution is 8.00. The number of anilines is 1. The predicted octanol–water partition coefficient (Wildman–Crippen LogP) is 4.73. The number of H-pyrrole nitrogens is 1. The van der Waals surface area contributed by atoms with Crippen molar-refractivity contribution in [2.24, 2.45) is 0 Å². The first kappa shape index (κ1) is 18.6. The summed E-state index contributed by atoms with van der Waals surface area (Å²) in [6.45, 7) is 1.11. The Labute approximate surface area is 177 Å². The quantitative estimate of drug-likeness (QED) is 0.459. The Morgan fingerprint density at radius 2 is 1.80 bits per heavy atom. The number of carbonyl (C=O) groups is 1. The molecule has 0 saturated carbocycles. The normalized spacial score (nSPS) is 12.7. The Morgan fingerprint density at radius 1 is 1.00 bits per heavy atom. The van der Waals surface area contributed by atoms with Gasteiger partial charge in [0.2, 0.25) is 5.91 Å². The van der Waals surface area contributed by atoms with Crippen LogP contribution in [0, 0.1) is 0 Å². The number of amides is 1. The van der Waals surface area contributed by atoms with Crippen molar-refractivity contribution in [2.75, 3.05) is 24.3 Å². The van der Waals surface area contributed by atoms with Gasteiger partial charge in [-0.15, -0.1) is 11.8 Å². The van der Waals surface area contributed by atoms with Gasteiger partial charge in [0.25, 0.3) is 0 Å². The van der Waals surface area contributed by atoms with Crippen LogP contribution in [0.1, 0.15) is 0 Å². The molecule has 2 heterocycles. The van der Waals surface area contributed by atoms with E-state index in [1.807, 2.05) is 66.7 Å². The summed E-state index contributed by atoms with van der Waals surface area (Å²) in [6, 6.07) is 21.3. The Kier molecular flexibility index (Phi) is 5.03. The van der Waals surface area contributed by atoms with Gasteiger partial charge in [0.05, 0.1) is 16.8 Å². The number of aromatic amines is 1. The number of aromatic nitrogens is 2. The van der Waals surface area contributed by atoms with Crippen molar-refractivity contribution >= 4 is 34.4 Å².